The first kappa shape index (κ1) is 17.4. The summed E-state index contributed by atoms with van der Waals surface area (Å²) in [5.74, 6) is 0.907. The quantitative estimate of drug-likeness (QED) is 0.568. The van der Waals surface area contributed by atoms with Gasteiger partial charge in [0.1, 0.15) is 12.0 Å². The first-order valence-electron chi connectivity index (χ1n) is 7.85. The monoisotopic (exact) mass is 327 g/mol. The fourth-order valence-electron chi connectivity index (χ4n) is 2.10. The zero-order valence-corrected chi connectivity index (χ0v) is 15.8. The predicted octanol–water partition coefficient (Wildman–Crippen LogP) is 5.25. The van der Waals surface area contributed by atoms with Gasteiger partial charge in [0.25, 0.3) is 0 Å². The van der Waals surface area contributed by atoms with Crippen molar-refractivity contribution in [2.45, 2.75) is 45.8 Å². The third-order valence-electron chi connectivity index (χ3n) is 4.57. The summed E-state index contributed by atoms with van der Waals surface area (Å²) in [5, 5.41) is 0.166. The molecule has 122 valence electrons. The summed E-state index contributed by atoms with van der Waals surface area (Å²) in [6, 6.07) is 9.60. The van der Waals surface area contributed by atoms with Gasteiger partial charge in [0.2, 0.25) is 8.32 Å². The number of carbonyl (C=O) groups excluding carboxylic acids is 1. The summed E-state index contributed by atoms with van der Waals surface area (Å²) < 4.78 is 6.35. The molecule has 1 aromatic heterocycles. The number of benzene rings is 1. The Balaban J connectivity index is 2.33. The molecule has 2 aromatic rings. The highest BCUT2D eigenvalue weighted by atomic mass is 28.4. The zero-order valence-electron chi connectivity index (χ0n) is 14.8. The Morgan fingerprint density at radius 2 is 1.83 bits per heavy atom. The highest BCUT2D eigenvalue weighted by molar-refractivity contribution is 6.74. The van der Waals surface area contributed by atoms with Gasteiger partial charge in [0.15, 0.2) is 0 Å². The van der Waals surface area contributed by atoms with Gasteiger partial charge in [0.05, 0.1) is 5.69 Å². The Bertz CT molecular complexity index is 718. The number of hydrogen-bond acceptors (Lipinski definition) is 3. The van der Waals surface area contributed by atoms with Crippen LogP contribution in [0.5, 0.6) is 5.75 Å². The van der Waals surface area contributed by atoms with Crippen LogP contribution in [0.3, 0.4) is 0 Å². The van der Waals surface area contributed by atoms with Gasteiger partial charge < -0.3 is 4.43 Å². The molecule has 0 aliphatic heterocycles. The lowest BCUT2D eigenvalue weighted by molar-refractivity contribution is 0.112. The molecule has 0 aliphatic rings. The largest absolute Gasteiger partial charge is 0.543 e. The predicted molar refractivity (Wildman–Crippen MR) is 97.6 cm³/mol. The molecule has 0 saturated carbocycles. The molecular weight excluding hydrogens is 302 g/mol. The molecule has 4 heteroatoms. The summed E-state index contributed by atoms with van der Waals surface area (Å²) in [7, 11) is -1.84. The van der Waals surface area contributed by atoms with Crippen LogP contribution in [0.15, 0.2) is 36.5 Å². The van der Waals surface area contributed by atoms with Gasteiger partial charge in [-0.05, 0) is 61.0 Å². The molecule has 3 nitrogen and oxygen atoms in total. The van der Waals surface area contributed by atoms with Crippen LogP contribution >= 0.6 is 0 Å². The molecule has 0 unspecified atom stereocenters. The summed E-state index contributed by atoms with van der Waals surface area (Å²) in [5.41, 5.74) is 3.56. The van der Waals surface area contributed by atoms with E-state index in [0.29, 0.717) is 5.56 Å². The molecule has 2 rings (SSSR count). The van der Waals surface area contributed by atoms with Gasteiger partial charge in [-0.25, -0.2) is 0 Å². The maximum Gasteiger partial charge on any atom is 0.250 e. The zero-order chi connectivity index (χ0) is 17.3. The molecule has 0 bridgehead atoms. The molecule has 0 radical (unpaired) electrons. The SMILES string of the molecule is Cc1cc(O[Si](C)(C)C(C)(C)C)ccc1-c1cc(C=O)ccn1. The van der Waals surface area contributed by atoms with E-state index in [1.807, 2.05) is 25.1 Å². The summed E-state index contributed by atoms with van der Waals surface area (Å²) in [6.07, 6.45) is 2.51. The van der Waals surface area contributed by atoms with Crippen LogP contribution in [0.25, 0.3) is 11.3 Å². The van der Waals surface area contributed by atoms with Crippen molar-refractivity contribution in [3.8, 4) is 17.0 Å². The Hall–Kier alpha value is -1.94. The summed E-state index contributed by atoms with van der Waals surface area (Å²) >= 11 is 0. The van der Waals surface area contributed by atoms with Crippen molar-refractivity contribution in [2.24, 2.45) is 0 Å². The highest BCUT2D eigenvalue weighted by Gasteiger charge is 2.38. The van der Waals surface area contributed by atoms with Crippen LogP contribution in [-0.2, 0) is 0 Å². The normalized spacial score (nSPS) is 12.1. The van der Waals surface area contributed by atoms with Crippen LogP contribution in [0.4, 0.5) is 0 Å². The van der Waals surface area contributed by atoms with Gasteiger partial charge in [-0.2, -0.15) is 0 Å². The van der Waals surface area contributed by atoms with E-state index in [9.17, 15) is 4.79 Å². The van der Waals surface area contributed by atoms with E-state index in [4.69, 9.17) is 4.43 Å². The Labute approximate surface area is 139 Å². The second-order valence-electron chi connectivity index (χ2n) is 7.43. The Kier molecular flexibility index (Phi) is 4.75. The van der Waals surface area contributed by atoms with Gasteiger partial charge >= 0.3 is 0 Å². The first-order chi connectivity index (χ1) is 10.6. The average molecular weight is 328 g/mol. The van der Waals surface area contributed by atoms with E-state index < -0.39 is 8.32 Å². The lowest BCUT2D eigenvalue weighted by Crippen LogP contribution is -2.43. The van der Waals surface area contributed by atoms with Crippen molar-refractivity contribution in [1.29, 1.82) is 0 Å². The maximum absolute atomic E-state index is 10.9. The Morgan fingerprint density at radius 3 is 2.39 bits per heavy atom. The van der Waals surface area contributed by atoms with Crippen molar-refractivity contribution in [3.05, 3.63) is 47.7 Å². The van der Waals surface area contributed by atoms with E-state index in [1.165, 1.54) is 0 Å². The molecule has 1 aromatic carbocycles. The molecule has 0 spiro atoms. The second-order valence-corrected chi connectivity index (χ2v) is 12.2. The van der Waals surface area contributed by atoms with Crippen molar-refractivity contribution in [1.82, 2.24) is 4.98 Å². The number of nitrogens with zero attached hydrogens (tertiary/aromatic N) is 1. The minimum absolute atomic E-state index is 0.166. The topological polar surface area (TPSA) is 39.2 Å². The lowest BCUT2D eigenvalue weighted by Gasteiger charge is -2.36. The average Bonchev–Trinajstić information content (AvgIpc) is 2.46. The molecule has 0 amide bonds. The van der Waals surface area contributed by atoms with Crippen LogP contribution < -0.4 is 4.43 Å². The van der Waals surface area contributed by atoms with Gasteiger partial charge in [-0.1, -0.05) is 20.8 Å². The smallest absolute Gasteiger partial charge is 0.250 e. The fraction of sp³-hybridized carbons (Fsp3) is 0.368. The summed E-state index contributed by atoms with van der Waals surface area (Å²) in [6.45, 7) is 13.2. The number of carbonyl (C=O) groups is 1. The van der Waals surface area contributed by atoms with Crippen molar-refractivity contribution in [3.63, 3.8) is 0 Å². The number of aromatic nitrogens is 1. The van der Waals surface area contributed by atoms with Crippen LogP contribution in [0.1, 0.15) is 36.7 Å². The first-order valence-corrected chi connectivity index (χ1v) is 10.8. The second kappa shape index (κ2) is 6.28. The van der Waals surface area contributed by atoms with E-state index >= 15 is 0 Å². The fourth-order valence-corrected chi connectivity index (χ4v) is 3.12. The Morgan fingerprint density at radius 1 is 1.13 bits per heavy atom. The number of pyridine rings is 1. The maximum atomic E-state index is 10.9. The molecule has 0 aliphatic carbocycles. The van der Waals surface area contributed by atoms with Crippen molar-refractivity contribution < 1.29 is 9.22 Å². The third-order valence-corrected chi connectivity index (χ3v) is 8.93. The van der Waals surface area contributed by atoms with Crippen molar-refractivity contribution >= 4 is 14.6 Å². The molecule has 0 fully saturated rings. The molecule has 0 N–H and O–H groups in total. The van der Waals surface area contributed by atoms with Crippen LogP contribution in [0, 0.1) is 6.92 Å². The number of hydrogen-bond donors (Lipinski definition) is 0. The lowest BCUT2D eigenvalue weighted by atomic mass is 10.0. The van der Waals surface area contributed by atoms with E-state index in [1.54, 1.807) is 12.3 Å². The molecule has 23 heavy (non-hydrogen) atoms. The molecular formula is C19H25NO2Si. The van der Waals surface area contributed by atoms with Gasteiger partial charge in [-0.3, -0.25) is 9.78 Å². The minimum Gasteiger partial charge on any atom is -0.543 e. The number of aryl methyl sites for hydroxylation is 1. The van der Waals surface area contributed by atoms with E-state index in [2.05, 4.69) is 44.9 Å². The molecule has 1 heterocycles. The van der Waals surface area contributed by atoms with Crippen molar-refractivity contribution in [2.75, 3.05) is 0 Å². The molecule has 0 saturated heterocycles. The summed E-state index contributed by atoms with van der Waals surface area (Å²) in [4.78, 5) is 15.3. The van der Waals surface area contributed by atoms with Gasteiger partial charge in [0, 0.05) is 17.3 Å². The van der Waals surface area contributed by atoms with E-state index in [-0.39, 0.29) is 5.04 Å². The highest BCUT2D eigenvalue weighted by Crippen LogP contribution is 2.38. The van der Waals surface area contributed by atoms with Crippen LogP contribution in [-0.4, -0.2) is 19.6 Å². The standard InChI is InChI=1S/C19H25NO2Si/c1-14-11-16(22-23(5,6)19(2,3)4)7-8-17(14)18-12-15(13-21)9-10-20-18/h7-13H,1-6H3. The molecule has 0 atom stereocenters. The van der Waals surface area contributed by atoms with Crippen LogP contribution in [0.2, 0.25) is 18.1 Å². The minimum atomic E-state index is -1.84. The third kappa shape index (κ3) is 3.88. The van der Waals surface area contributed by atoms with E-state index in [0.717, 1.165) is 28.9 Å². The number of aldehydes is 1. The van der Waals surface area contributed by atoms with Gasteiger partial charge in [-0.15, -0.1) is 0 Å². The number of rotatable bonds is 4.